The van der Waals surface area contributed by atoms with Crippen LogP contribution in [-0.4, -0.2) is 12.6 Å². The number of nitrogens with one attached hydrogen (secondary N) is 1. The Morgan fingerprint density at radius 3 is 2.75 bits per heavy atom. The first-order valence-electron chi connectivity index (χ1n) is 2.98. The van der Waals surface area contributed by atoms with Crippen LogP contribution >= 0.6 is 0 Å². The number of terminal acetylenes is 1. The molecule has 1 heteroatoms. The molecule has 0 aromatic heterocycles. The second-order valence-electron chi connectivity index (χ2n) is 1.87. The van der Waals surface area contributed by atoms with E-state index in [4.69, 9.17) is 6.42 Å². The molecule has 0 rings (SSSR count). The molecular formula is C7H13N. The lowest BCUT2D eigenvalue weighted by Crippen LogP contribution is -2.24. The van der Waals surface area contributed by atoms with Gasteiger partial charge in [-0.1, -0.05) is 6.92 Å². The lowest BCUT2D eigenvalue weighted by atomic mass is 10.2. The van der Waals surface area contributed by atoms with E-state index >= 15 is 0 Å². The van der Waals surface area contributed by atoms with Crippen molar-refractivity contribution < 1.29 is 0 Å². The van der Waals surface area contributed by atoms with Gasteiger partial charge in [-0.15, -0.1) is 12.3 Å². The van der Waals surface area contributed by atoms with Gasteiger partial charge in [-0.25, -0.2) is 0 Å². The first kappa shape index (κ1) is 7.52. The summed E-state index contributed by atoms with van der Waals surface area (Å²) in [6, 6.07) is 0.477. The molecule has 0 fully saturated rings. The third-order valence-corrected chi connectivity index (χ3v) is 0.977. The summed E-state index contributed by atoms with van der Waals surface area (Å²) in [6.45, 7) is 5.17. The van der Waals surface area contributed by atoms with Crippen molar-refractivity contribution in [3.05, 3.63) is 0 Å². The van der Waals surface area contributed by atoms with E-state index in [0.717, 1.165) is 13.0 Å². The second-order valence-corrected chi connectivity index (χ2v) is 1.87. The van der Waals surface area contributed by atoms with Crippen LogP contribution in [0.1, 0.15) is 20.3 Å². The molecule has 0 aliphatic carbocycles. The molecule has 1 unspecified atom stereocenters. The quantitative estimate of drug-likeness (QED) is 0.536. The Hall–Kier alpha value is -0.480. The third kappa shape index (κ3) is 3.70. The smallest absolute Gasteiger partial charge is 0.0238 e. The Morgan fingerprint density at radius 2 is 2.38 bits per heavy atom. The van der Waals surface area contributed by atoms with Crippen molar-refractivity contribution in [3.63, 3.8) is 0 Å². The SMILES string of the molecule is C#CCC(C)NCC. The van der Waals surface area contributed by atoms with Gasteiger partial charge in [0.2, 0.25) is 0 Å². The summed E-state index contributed by atoms with van der Waals surface area (Å²) >= 11 is 0. The molecule has 0 spiro atoms. The second kappa shape index (κ2) is 4.67. The molecule has 8 heavy (non-hydrogen) atoms. The molecule has 1 nitrogen and oxygen atoms in total. The van der Waals surface area contributed by atoms with E-state index in [1.807, 2.05) is 0 Å². The van der Waals surface area contributed by atoms with Gasteiger partial charge < -0.3 is 5.32 Å². The van der Waals surface area contributed by atoms with E-state index in [0.29, 0.717) is 6.04 Å². The van der Waals surface area contributed by atoms with Crippen LogP contribution in [0.4, 0.5) is 0 Å². The molecule has 46 valence electrons. The fourth-order valence-corrected chi connectivity index (χ4v) is 0.597. The highest BCUT2D eigenvalue weighted by atomic mass is 14.9. The van der Waals surface area contributed by atoms with Crippen LogP contribution in [0.3, 0.4) is 0 Å². The summed E-state index contributed by atoms with van der Waals surface area (Å²) in [7, 11) is 0. The van der Waals surface area contributed by atoms with Crippen molar-refractivity contribution in [2.75, 3.05) is 6.54 Å². The topological polar surface area (TPSA) is 12.0 Å². The van der Waals surface area contributed by atoms with Crippen molar-refractivity contribution in [2.24, 2.45) is 0 Å². The maximum absolute atomic E-state index is 5.07. The van der Waals surface area contributed by atoms with Crippen LogP contribution in [0, 0.1) is 12.3 Å². The van der Waals surface area contributed by atoms with Gasteiger partial charge in [0, 0.05) is 12.5 Å². The molecular weight excluding hydrogens is 98.1 g/mol. The Bertz CT molecular complexity index is 80.9. The molecule has 0 saturated carbocycles. The number of hydrogen-bond donors (Lipinski definition) is 1. The first-order valence-corrected chi connectivity index (χ1v) is 2.98. The normalized spacial score (nSPS) is 12.6. The van der Waals surface area contributed by atoms with E-state index < -0.39 is 0 Å². The molecule has 1 atom stereocenters. The molecule has 0 radical (unpaired) electrons. The fourth-order valence-electron chi connectivity index (χ4n) is 0.597. The van der Waals surface area contributed by atoms with Crippen molar-refractivity contribution in [2.45, 2.75) is 26.3 Å². The summed E-state index contributed by atoms with van der Waals surface area (Å²) in [5.74, 6) is 2.59. The van der Waals surface area contributed by atoms with E-state index in [1.165, 1.54) is 0 Å². The molecule has 1 N–H and O–H groups in total. The van der Waals surface area contributed by atoms with Crippen LogP contribution < -0.4 is 5.32 Å². The van der Waals surface area contributed by atoms with Gasteiger partial charge in [-0.05, 0) is 13.5 Å². The maximum Gasteiger partial charge on any atom is 0.0238 e. The minimum atomic E-state index is 0.477. The van der Waals surface area contributed by atoms with Gasteiger partial charge in [0.1, 0.15) is 0 Å². The van der Waals surface area contributed by atoms with Gasteiger partial charge in [0.15, 0.2) is 0 Å². The maximum atomic E-state index is 5.07. The van der Waals surface area contributed by atoms with Crippen molar-refractivity contribution in [1.82, 2.24) is 5.32 Å². The summed E-state index contributed by atoms with van der Waals surface area (Å²) < 4.78 is 0. The molecule has 0 aromatic carbocycles. The average molecular weight is 111 g/mol. The monoisotopic (exact) mass is 111 g/mol. The van der Waals surface area contributed by atoms with E-state index in [9.17, 15) is 0 Å². The van der Waals surface area contributed by atoms with Crippen molar-refractivity contribution >= 4 is 0 Å². The summed E-state index contributed by atoms with van der Waals surface area (Å²) in [4.78, 5) is 0. The number of rotatable bonds is 3. The van der Waals surface area contributed by atoms with Gasteiger partial charge >= 0.3 is 0 Å². The van der Waals surface area contributed by atoms with Crippen molar-refractivity contribution in [3.8, 4) is 12.3 Å². The van der Waals surface area contributed by atoms with Crippen LogP contribution in [0.2, 0.25) is 0 Å². The van der Waals surface area contributed by atoms with E-state index in [1.54, 1.807) is 0 Å². The molecule has 0 amide bonds. The van der Waals surface area contributed by atoms with Crippen LogP contribution in [0.15, 0.2) is 0 Å². The molecule has 0 heterocycles. The summed E-state index contributed by atoms with van der Waals surface area (Å²) in [6.07, 6.45) is 5.90. The average Bonchev–Trinajstić information content (AvgIpc) is 1.68. The minimum absolute atomic E-state index is 0.477. The Labute approximate surface area is 51.5 Å². The molecule has 0 saturated heterocycles. The molecule has 0 aliphatic heterocycles. The van der Waals surface area contributed by atoms with Gasteiger partial charge in [0.05, 0.1) is 0 Å². The zero-order chi connectivity index (χ0) is 6.41. The third-order valence-electron chi connectivity index (χ3n) is 0.977. The summed E-state index contributed by atoms with van der Waals surface area (Å²) in [5.41, 5.74) is 0. The molecule has 0 aromatic rings. The van der Waals surface area contributed by atoms with Crippen LogP contribution in [-0.2, 0) is 0 Å². The lowest BCUT2D eigenvalue weighted by molar-refractivity contribution is 0.581. The molecule has 0 aliphatic rings. The van der Waals surface area contributed by atoms with Crippen LogP contribution in [0.5, 0.6) is 0 Å². The number of hydrogen-bond acceptors (Lipinski definition) is 1. The Morgan fingerprint density at radius 1 is 1.75 bits per heavy atom. The highest BCUT2D eigenvalue weighted by Crippen LogP contribution is 1.84. The predicted octanol–water partition coefficient (Wildman–Crippen LogP) is 1.01. The van der Waals surface area contributed by atoms with E-state index in [2.05, 4.69) is 25.1 Å². The molecule has 0 bridgehead atoms. The van der Waals surface area contributed by atoms with Gasteiger partial charge in [-0.2, -0.15) is 0 Å². The lowest BCUT2D eigenvalue weighted by Gasteiger charge is -2.05. The predicted molar refractivity (Wildman–Crippen MR) is 36.6 cm³/mol. The highest BCUT2D eigenvalue weighted by molar-refractivity contribution is 4.87. The standard InChI is InChI=1S/C7H13N/c1-4-6-7(3)8-5-2/h1,7-8H,5-6H2,2-3H3. The van der Waals surface area contributed by atoms with E-state index in [-0.39, 0.29) is 0 Å². The van der Waals surface area contributed by atoms with Crippen LogP contribution in [0.25, 0.3) is 0 Å². The zero-order valence-electron chi connectivity index (χ0n) is 5.57. The summed E-state index contributed by atoms with van der Waals surface area (Å²) in [5, 5.41) is 3.20. The highest BCUT2D eigenvalue weighted by Gasteiger charge is 1.92. The van der Waals surface area contributed by atoms with Gasteiger partial charge in [0.25, 0.3) is 0 Å². The Kier molecular flexibility index (Phi) is 4.39. The Balaban J connectivity index is 3.08. The zero-order valence-corrected chi connectivity index (χ0v) is 5.57. The first-order chi connectivity index (χ1) is 3.81. The fraction of sp³-hybridized carbons (Fsp3) is 0.714. The van der Waals surface area contributed by atoms with Crippen molar-refractivity contribution in [1.29, 1.82) is 0 Å². The van der Waals surface area contributed by atoms with Gasteiger partial charge in [-0.3, -0.25) is 0 Å². The minimum Gasteiger partial charge on any atom is -0.314 e. The largest absolute Gasteiger partial charge is 0.314 e.